The standard InChI is InChI=1S/C19H22N2O2S/c22-18-12-15(8-9-20-18)19(23)21-10-11-24-13-16-6-3-5-14-4-1-2-7-17(14)16/h1-7,15H,8-13H2,(H,20,22)(H,21,23)/t15-/m0/s1. The number of carbonyl (C=O) groups is 2. The Morgan fingerprint density at radius 3 is 2.92 bits per heavy atom. The predicted molar refractivity (Wildman–Crippen MR) is 98.9 cm³/mol. The number of hydrogen-bond acceptors (Lipinski definition) is 3. The second-order valence-corrected chi connectivity index (χ2v) is 7.13. The molecule has 1 aliphatic rings. The molecule has 24 heavy (non-hydrogen) atoms. The number of piperidine rings is 1. The molecule has 1 fully saturated rings. The summed E-state index contributed by atoms with van der Waals surface area (Å²) in [4.78, 5) is 23.4. The van der Waals surface area contributed by atoms with Gasteiger partial charge in [-0.05, 0) is 22.8 Å². The van der Waals surface area contributed by atoms with Crippen molar-refractivity contribution in [2.24, 2.45) is 5.92 Å². The molecule has 0 aliphatic carbocycles. The molecule has 2 N–H and O–H groups in total. The molecule has 5 heteroatoms. The lowest BCUT2D eigenvalue weighted by Crippen LogP contribution is -2.41. The number of fused-ring (bicyclic) bond motifs is 1. The third-order valence-corrected chi connectivity index (χ3v) is 5.31. The molecule has 2 amide bonds. The molecular weight excluding hydrogens is 320 g/mol. The van der Waals surface area contributed by atoms with Gasteiger partial charge in [-0.1, -0.05) is 42.5 Å². The maximum Gasteiger partial charge on any atom is 0.223 e. The predicted octanol–water partition coefficient (Wildman–Crippen LogP) is 2.72. The van der Waals surface area contributed by atoms with Crippen molar-refractivity contribution in [2.75, 3.05) is 18.8 Å². The molecular formula is C19H22N2O2S. The minimum atomic E-state index is -0.165. The zero-order chi connectivity index (χ0) is 16.8. The Bertz CT molecular complexity index is 727. The van der Waals surface area contributed by atoms with Crippen LogP contribution in [-0.2, 0) is 15.3 Å². The number of rotatable bonds is 6. The number of nitrogens with one attached hydrogen (secondary N) is 2. The molecule has 0 bridgehead atoms. The van der Waals surface area contributed by atoms with Crippen molar-refractivity contribution in [1.29, 1.82) is 0 Å². The van der Waals surface area contributed by atoms with E-state index < -0.39 is 0 Å². The summed E-state index contributed by atoms with van der Waals surface area (Å²) in [5.41, 5.74) is 1.33. The van der Waals surface area contributed by atoms with Crippen LogP contribution in [-0.4, -0.2) is 30.7 Å². The summed E-state index contributed by atoms with van der Waals surface area (Å²) in [5.74, 6) is 1.63. The molecule has 0 unspecified atom stereocenters. The molecule has 1 heterocycles. The molecule has 0 saturated carbocycles. The van der Waals surface area contributed by atoms with E-state index in [0.717, 1.165) is 17.9 Å². The van der Waals surface area contributed by atoms with Crippen LogP contribution < -0.4 is 10.6 Å². The summed E-state index contributed by atoms with van der Waals surface area (Å²) in [7, 11) is 0. The van der Waals surface area contributed by atoms with Gasteiger partial charge < -0.3 is 10.6 Å². The number of thioether (sulfide) groups is 1. The minimum Gasteiger partial charge on any atom is -0.356 e. The maximum absolute atomic E-state index is 12.1. The van der Waals surface area contributed by atoms with E-state index in [1.807, 2.05) is 11.8 Å². The SMILES string of the molecule is O=C1C[C@@H](C(=O)NCCSCc2cccc3ccccc23)CCN1. The van der Waals surface area contributed by atoms with E-state index in [0.29, 0.717) is 19.5 Å². The van der Waals surface area contributed by atoms with Gasteiger partial charge in [-0.15, -0.1) is 0 Å². The van der Waals surface area contributed by atoms with Gasteiger partial charge in [-0.2, -0.15) is 11.8 Å². The lowest BCUT2D eigenvalue weighted by atomic mass is 9.97. The zero-order valence-electron chi connectivity index (χ0n) is 13.6. The van der Waals surface area contributed by atoms with Gasteiger partial charge in [0, 0.05) is 36.9 Å². The second-order valence-electron chi connectivity index (χ2n) is 6.02. The Balaban J connectivity index is 1.42. The van der Waals surface area contributed by atoms with Crippen molar-refractivity contribution in [3.63, 3.8) is 0 Å². The first kappa shape index (κ1) is 16.8. The van der Waals surface area contributed by atoms with Crippen molar-refractivity contribution >= 4 is 34.3 Å². The Morgan fingerprint density at radius 2 is 2.04 bits per heavy atom. The maximum atomic E-state index is 12.1. The summed E-state index contributed by atoms with van der Waals surface area (Å²) in [5, 5.41) is 8.27. The summed E-state index contributed by atoms with van der Waals surface area (Å²) in [6.07, 6.45) is 1.05. The molecule has 4 nitrogen and oxygen atoms in total. The average Bonchev–Trinajstić information content (AvgIpc) is 2.61. The van der Waals surface area contributed by atoms with E-state index in [9.17, 15) is 9.59 Å². The number of hydrogen-bond donors (Lipinski definition) is 2. The highest BCUT2D eigenvalue weighted by Crippen LogP contribution is 2.22. The van der Waals surface area contributed by atoms with Gasteiger partial charge in [0.05, 0.1) is 0 Å². The summed E-state index contributed by atoms with van der Waals surface area (Å²) >= 11 is 1.82. The molecule has 2 aromatic rings. The van der Waals surface area contributed by atoms with Gasteiger partial charge in [0.1, 0.15) is 0 Å². The Morgan fingerprint density at radius 1 is 1.21 bits per heavy atom. The number of carbonyl (C=O) groups excluding carboxylic acids is 2. The van der Waals surface area contributed by atoms with Gasteiger partial charge >= 0.3 is 0 Å². The number of benzene rings is 2. The lowest BCUT2D eigenvalue weighted by Gasteiger charge is -2.21. The van der Waals surface area contributed by atoms with Crippen LogP contribution in [0.2, 0.25) is 0 Å². The third kappa shape index (κ3) is 4.29. The van der Waals surface area contributed by atoms with E-state index in [4.69, 9.17) is 0 Å². The highest BCUT2D eigenvalue weighted by Gasteiger charge is 2.24. The van der Waals surface area contributed by atoms with Crippen LogP contribution in [0.1, 0.15) is 18.4 Å². The minimum absolute atomic E-state index is 0.00982. The van der Waals surface area contributed by atoms with Crippen molar-refractivity contribution < 1.29 is 9.59 Å². The molecule has 2 aromatic carbocycles. The fourth-order valence-corrected chi connectivity index (χ4v) is 3.86. The Labute approximate surface area is 146 Å². The second kappa shape index (κ2) is 8.20. The van der Waals surface area contributed by atoms with Crippen LogP contribution in [0.3, 0.4) is 0 Å². The highest BCUT2D eigenvalue weighted by molar-refractivity contribution is 7.98. The smallest absolute Gasteiger partial charge is 0.223 e. The lowest BCUT2D eigenvalue weighted by molar-refractivity contribution is -0.132. The molecule has 126 valence electrons. The first-order valence-corrected chi connectivity index (χ1v) is 9.48. The summed E-state index contributed by atoms with van der Waals surface area (Å²) < 4.78 is 0. The highest BCUT2D eigenvalue weighted by atomic mass is 32.2. The topological polar surface area (TPSA) is 58.2 Å². The van der Waals surface area contributed by atoms with Crippen LogP contribution in [0.25, 0.3) is 10.8 Å². The van der Waals surface area contributed by atoms with Crippen LogP contribution >= 0.6 is 11.8 Å². The van der Waals surface area contributed by atoms with Crippen molar-refractivity contribution in [3.8, 4) is 0 Å². The molecule has 0 radical (unpaired) electrons. The van der Waals surface area contributed by atoms with Gasteiger partial charge in [0.2, 0.25) is 11.8 Å². The molecule has 0 spiro atoms. The van der Waals surface area contributed by atoms with E-state index in [1.54, 1.807) is 0 Å². The first-order chi connectivity index (χ1) is 11.7. The van der Waals surface area contributed by atoms with Crippen LogP contribution in [0.5, 0.6) is 0 Å². The first-order valence-electron chi connectivity index (χ1n) is 8.33. The van der Waals surface area contributed by atoms with Crippen LogP contribution in [0, 0.1) is 5.92 Å². The number of amides is 2. The summed E-state index contributed by atoms with van der Waals surface area (Å²) in [6, 6.07) is 14.8. The van der Waals surface area contributed by atoms with E-state index >= 15 is 0 Å². The molecule has 1 atom stereocenters. The van der Waals surface area contributed by atoms with Crippen molar-refractivity contribution in [1.82, 2.24) is 10.6 Å². The Kier molecular flexibility index (Phi) is 5.75. The van der Waals surface area contributed by atoms with Crippen molar-refractivity contribution in [2.45, 2.75) is 18.6 Å². The fraction of sp³-hybridized carbons (Fsp3) is 0.368. The van der Waals surface area contributed by atoms with Crippen molar-refractivity contribution in [3.05, 3.63) is 48.0 Å². The molecule has 1 saturated heterocycles. The van der Waals surface area contributed by atoms with E-state index in [-0.39, 0.29) is 17.7 Å². The Hall–Kier alpha value is -2.01. The quantitative estimate of drug-likeness (QED) is 0.794. The van der Waals surface area contributed by atoms with Gasteiger partial charge in [0.25, 0.3) is 0 Å². The van der Waals surface area contributed by atoms with Gasteiger partial charge in [-0.3, -0.25) is 9.59 Å². The zero-order valence-corrected chi connectivity index (χ0v) is 14.4. The van der Waals surface area contributed by atoms with E-state index in [1.165, 1.54) is 16.3 Å². The van der Waals surface area contributed by atoms with Crippen LogP contribution in [0.4, 0.5) is 0 Å². The summed E-state index contributed by atoms with van der Waals surface area (Å²) in [6.45, 7) is 1.25. The van der Waals surface area contributed by atoms with Crippen LogP contribution in [0.15, 0.2) is 42.5 Å². The largest absolute Gasteiger partial charge is 0.356 e. The monoisotopic (exact) mass is 342 g/mol. The van der Waals surface area contributed by atoms with E-state index in [2.05, 4.69) is 53.1 Å². The van der Waals surface area contributed by atoms with Gasteiger partial charge in [0.15, 0.2) is 0 Å². The normalized spacial score (nSPS) is 17.5. The molecule has 0 aromatic heterocycles. The molecule has 3 rings (SSSR count). The average molecular weight is 342 g/mol. The molecule has 1 aliphatic heterocycles. The van der Waals surface area contributed by atoms with Gasteiger partial charge in [-0.25, -0.2) is 0 Å². The fourth-order valence-electron chi connectivity index (χ4n) is 3.00. The third-order valence-electron chi connectivity index (χ3n) is 4.30.